The topological polar surface area (TPSA) is 29.9 Å². The number of rotatable bonds is 2. The molecule has 0 unspecified atom stereocenters. The summed E-state index contributed by atoms with van der Waals surface area (Å²) in [5.41, 5.74) is 0. The fourth-order valence-electron chi connectivity index (χ4n) is 0.858. The Kier molecular flexibility index (Phi) is 2.25. The quantitative estimate of drug-likeness (QED) is 0.745. The van der Waals surface area contributed by atoms with Crippen molar-refractivity contribution in [1.82, 2.24) is 9.55 Å². The van der Waals surface area contributed by atoms with Crippen molar-refractivity contribution >= 4 is 5.95 Å². The summed E-state index contributed by atoms with van der Waals surface area (Å²) in [5, 5.41) is 2.55. The smallest absolute Gasteiger partial charge is 0.359 e. The Morgan fingerprint density at radius 1 is 1.58 bits per heavy atom. The van der Waals surface area contributed by atoms with Gasteiger partial charge >= 0.3 is 6.18 Å². The van der Waals surface area contributed by atoms with Crippen molar-refractivity contribution in [1.29, 1.82) is 0 Å². The lowest BCUT2D eigenvalue weighted by molar-refractivity contribution is -0.140. The number of nitrogens with zero attached hydrogens (tertiary/aromatic N) is 2. The molecule has 12 heavy (non-hydrogen) atoms. The van der Waals surface area contributed by atoms with Crippen LogP contribution in [-0.4, -0.2) is 22.8 Å². The fraction of sp³-hybridized carbons (Fsp3) is 0.500. The van der Waals surface area contributed by atoms with E-state index in [4.69, 9.17) is 0 Å². The van der Waals surface area contributed by atoms with E-state index in [0.29, 0.717) is 0 Å². The van der Waals surface area contributed by atoms with E-state index in [-0.39, 0.29) is 5.95 Å². The minimum absolute atomic E-state index is 0.215. The number of anilines is 1. The predicted octanol–water partition coefficient (Wildman–Crippen LogP) is 1.49. The Morgan fingerprint density at radius 2 is 2.25 bits per heavy atom. The molecule has 0 spiro atoms. The average Bonchev–Trinajstić information content (AvgIpc) is 2.31. The van der Waals surface area contributed by atoms with Gasteiger partial charge < -0.3 is 9.88 Å². The highest BCUT2D eigenvalue weighted by Gasteiger charge is 2.28. The molecule has 1 rings (SSSR count). The molecule has 1 N–H and O–H groups in total. The van der Waals surface area contributed by atoms with Gasteiger partial charge in [-0.25, -0.2) is 4.98 Å². The van der Waals surface area contributed by atoms with Crippen LogP contribution in [0.15, 0.2) is 12.4 Å². The average molecular weight is 179 g/mol. The summed E-state index contributed by atoms with van der Waals surface area (Å²) in [4.78, 5) is 3.67. The van der Waals surface area contributed by atoms with Gasteiger partial charge in [0.2, 0.25) is 5.95 Å². The molecule has 68 valence electrons. The maximum Gasteiger partial charge on any atom is 0.406 e. The molecular weight excluding hydrogens is 171 g/mol. The normalized spacial score (nSPS) is 11.7. The van der Waals surface area contributed by atoms with Crippen molar-refractivity contribution in [2.45, 2.75) is 12.7 Å². The Hall–Kier alpha value is -1.20. The van der Waals surface area contributed by atoms with Crippen LogP contribution >= 0.6 is 0 Å². The molecule has 1 aromatic rings. The molecule has 1 aromatic heterocycles. The van der Waals surface area contributed by atoms with Gasteiger partial charge in [0.05, 0.1) is 0 Å². The van der Waals surface area contributed by atoms with Crippen LogP contribution in [0.5, 0.6) is 0 Å². The second kappa shape index (κ2) is 3.04. The molecule has 0 saturated heterocycles. The first kappa shape index (κ1) is 8.89. The Labute approximate surface area is 67.2 Å². The number of hydrogen-bond donors (Lipinski definition) is 1. The lowest BCUT2D eigenvalue weighted by atomic mass is 10.6. The SMILES string of the molecule is CNc1nccn1CC(F)(F)F. The number of alkyl halides is 3. The largest absolute Gasteiger partial charge is 0.406 e. The third-order valence-electron chi connectivity index (χ3n) is 1.29. The summed E-state index contributed by atoms with van der Waals surface area (Å²) < 4.78 is 36.6. The van der Waals surface area contributed by atoms with Gasteiger partial charge in [0.1, 0.15) is 6.54 Å². The van der Waals surface area contributed by atoms with E-state index in [1.54, 1.807) is 0 Å². The molecule has 0 bridgehead atoms. The van der Waals surface area contributed by atoms with Crippen molar-refractivity contribution in [3.05, 3.63) is 12.4 Å². The van der Waals surface area contributed by atoms with Gasteiger partial charge in [0.15, 0.2) is 0 Å². The zero-order valence-electron chi connectivity index (χ0n) is 6.39. The van der Waals surface area contributed by atoms with Gasteiger partial charge in [-0.15, -0.1) is 0 Å². The second-order valence-electron chi connectivity index (χ2n) is 2.24. The van der Waals surface area contributed by atoms with E-state index in [1.807, 2.05) is 0 Å². The summed E-state index contributed by atoms with van der Waals surface area (Å²) in [6.45, 7) is -1.01. The van der Waals surface area contributed by atoms with E-state index >= 15 is 0 Å². The van der Waals surface area contributed by atoms with Crippen LogP contribution in [0.3, 0.4) is 0 Å². The molecule has 0 aromatic carbocycles. The van der Waals surface area contributed by atoms with Gasteiger partial charge in [0.25, 0.3) is 0 Å². The molecular formula is C6H8F3N3. The highest BCUT2D eigenvalue weighted by molar-refractivity contribution is 5.24. The minimum atomic E-state index is -4.20. The van der Waals surface area contributed by atoms with Crippen molar-refractivity contribution in [3.63, 3.8) is 0 Å². The monoisotopic (exact) mass is 179 g/mol. The van der Waals surface area contributed by atoms with Crippen molar-refractivity contribution in [2.75, 3.05) is 12.4 Å². The third-order valence-corrected chi connectivity index (χ3v) is 1.29. The summed E-state index contributed by atoms with van der Waals surface area (Å²) in [6.07, 6.45) is -1.61. The predicted molar refractivity (Wildman–Crippen MR) is 37.8 cm³/mol. The standard InChI is InChI=1S/C6H8F3N3/c1-10-5-11-2-3-12(5)4-6(7,8)9/h2-3H,4H2,1H3,(H,10,11). The van der Waals surface area contributed by atoms with Gasteiger partial charge in [-0.1, -0.05) is 0 Å². The Bertz CT molecular complexity index is 253. The fourth-order valence-corrected chi connectivity index (χ4v) is 0.858. The van der Waals surface area contributed by atoms with Crippen LogP contribution in [0.4, 0.5) is 19.1 Å². The van der Waals surface area contributed by atoms with Crippen LogP contribution in [0.2, 0.25) is 0 Å². The number of aromatic nitrogens is 2. The van der Waals surface area contributed by atoms with E-state index < -0.39 is 12.7 Å². The zero-order valence-corrected chi connectivity index (χ0v) is 6.39. The van der Waals surface area contributed by atoms with Crippen molar-refractivity contribution in [2.24, 2.45) is 0 Å². The van der Waals surface area contributed by atoms with Crippen LogP contribution in [-0.2, 0) is 6.54 Å². The van der Waals surface area contributed by atoms with Gasteiger partial charge in [0, 0.05) is 19.4 Å². The lowest BCUT2D eigenvalue weighted by Crippen LogP contribution is -2.18. The third kappa shape index (κ3) is 2.14. The second-order valence-corrected chi connectivity index (χ2v) is 2.24. The molecule has 3 nitrogen and oxygen atoms in total. The molecule has 0 radical (unpaired) electrons. The van der Waals surface area contributed by atoms with Gasteiger partial charge in [-0.05, 0) is 0 Å². The zero-order chi connectivity index (χ0) is 9.19. The molecule has 0 saturated carbocycles. The molecule has 0 fully saturated rings. The minimum Gasteiger partial charge on any atom is -0.359 e. The summed E-state index contributed by atoms with van der Waals surface area (Å²) >= 11 is 0. The molecule has 0 amide bonds. The number of imidazole rings is 1. The molecule has 0 aliphatic rings. The summed E-state index contributed by atoms with van der Waals surface area (Å²) in [6, 6.07) is 0. The number of halogens is 3. The molecule has 0 aliphatic heterocycles. The maximum atomic E-state index is 11.9. The molecule has 0 aliphatic carbocycles. The van der Waals surface area contributed by atoms with E-state index in [1.165, 1.54) is 19.4 Å². The summed E-state index contributed by atoms with van der Waals surface area (Å²) in [5.74, 6) is 0.215. The first-order chi connectivity index (χ1) is 5.53. The van der Waals surface area contributed by atoms with Crippen LogP contribution in [0, 0.1) is 0 Å². The van der Waals surface area contributed by atoms with E-state index in [0.717, 1.165) is 4.57 Å². The number of hydrogen-bond acceptors (Lipinski definition) is 2. The van der Waals surface area contributed by atoms with Crippen LogP contribution < -0.4 is 5.32 Å². The van der Waals surface area contributed by atoms with Gasteiger partial charge in [-0.3, -0.25) is 0 Å². The van der Waals surface area contributed by atoms with E-state index in [9.17, 15) is 13.2 Å². The highest BCUT2D eigenvalue weighted by Crippen LogP contribution is 2.19. The first-order valence-corrected chi connectivity index (χ1v) is 3.28. The van der Waals surface area contributed by atoms with Crippen LogP contribution in [0.25, 0.3) is 0 Å². The Morgan fingerprint density at radius 3 is 2.75 bits per heavy atom. The van der Waals surface area contributed by atoms with Crippen LogP contribution in [0.1, 0.15) is 0 Å². The van der Waals surface area contributed by atoms with Gasteiger partial charge in [-0.2, -0.15) is 13.2 Å². The van der Waals surface area contributed by atoms with E-state index in [2.05, 4.69) is 10.3 Å². The lowest BCUT2D eigenvalue weighted by Gasteiger charge is -2.09. The van der Waals surface area contributed by atoms with Crippen molar-refractivity contribution < 1.29 is 13.2 Å². The Balaban J connectivity index is 2.75. The first-order valence-electron chi connectivity index (χ1n) is 3.28. The number of nitrogens with one attached hydrogen (secondary N) is 1. The molecule has 6 heteroatoms. The van der Waals surface area contributed by atoms with Crippen molar-refractivity contribution in [3.8, 4) is 0 Å². The highest BCUT2D eigenvalue weighted by atomic mass is 19.4. The molecule has 0 atom stereocenters. The maximum absolute atomic E-state index is 11.9. The summed E-state index contributed by atoms with van der Waals surface area (Å²) in [7, 11) is 1.52. The molecule has 1 heterocycles.